The third-order valence-electron chi connectivity index (χ3n) is 4.88. The monoisotopic (exact) mass is 363 g/mol. The van der Waals surface area contributed by atoms with Gasteiger partial charge in [0, 0.05) is 40.8 Å². The number of benzene rings is 1. The van der Waals surface area contributed by atoms with Gasteiger partial charge in [0.25, 0.3) is 5.56 Å². The van der Waals surface area contributed by atoms with Crippen LogP contribution in [0.2, 0.25) is 0 Å². The number of hydrogen-bond donors (Lipinski definition) is 3. The molecule has 27 heavy (non-hydrogen) atoms. The average Bonchev–Trinajstić information content (AvgIpc) is 3.13. The van der Waals surface area contributed by atoms with Gasteiger partial charge in [-0.2, -0.15) is 0 Å². The van der Waals surface area contributed by atoms with Gasteiger partial charge in [0.15, 0.2) is 0 Å². The Hall–Kier alpha value is -3.02. The van der Waals surface area contributed by atoms with Gasteiger partial charge in [-0.1, -0.05) is 18.7 Å². The van der Waals surface area contributed by atoms with E-state index < -0.39 is 0 Å². The van der Waals surface area contributed by atoms with E-state index >= 15 is 0 Å². The van der Waals surface area contributed by atoms with Crippen LogP contribution in [0.4, 0.5) is 5.95 Å². The zero-order valence-corrected chi connectivity index (χ0v) is 16.4. The first-order valence-electron chi connectivity index (χ1n) is 9.13. The van der Waals surface area contributed by atoms with Gasteiger partial charge < -0.3 is 15.6 Å². The number of aromatic amines is 1. The van der Waals surface area contributed by atoms with E-state index in [1.54, 1.807) is 11.6 Å². The topological polar surface area (TPSA) is 74.7 Å². The van der Waals surface area contributed by atoms with Crippen LogP contribution in [0.15, 0.2) is 35.6 Å². The van der Waals surface area contributed by atoms with Crippen molar-refractivity contribution in [1.82, 2.24) is 19.9 Å². The Bertz CT molecular complexity index is 1130. The Morgan fingerprint density at radius 3 is 2.67 bits per heavy atom. The summed E-state index contributed by atoms with van der Waals surface area (Å²) >= 11 is 0. The molecule has 0 fully saturated rings. The van der Waals surface area contributed by atoms with Crippen molar-refractivity contribution in [2.45, 2.75) is 39.3 Å². The minimum Gasteiger partial charge on any atom is -0.377 e. The first-order chi connectivity index (χ1) is 12.7. The van der Waals surface area contributed by atoms with E-state index in [1.165, 1.54) is 0 Å². The van der Waals surface area contributed by atoms with Crippen molar-refractivity contribution in [3.05, 3.63) is 52.5 Å². The quantitative estimate of drug-likeness (QED) is 0.648. The Morgan fingerprint density at radius 1 is 1.26 bits per heavy atom. The molecule has 0 aliphatic carbocycles. The molecule has 2 aromatic heterocycles. The minimum absolute atomic E-state index is 0.0628. The van der Waals surface area contributed by atoms with E-state index in [2.05, 4.69) is 35.2 Å². The molecule has 1 atom stereocenters. The predicted molar refractivity (Wildman–Crippen MR) is 111 cm³/mol. The highest BCUT2D eigenvalue weighted by molar-refractivity contribution is 5.94. The summed E-state index contributed by atoms with van der Waals surface area (Å²) in [7, 11) is 1.75. The molecule has 6 nitrogen and oxygen atoms in total. The van der Waals surface area contributed by atoms with Crippen LogP contribution >= 0.6 is 0 Å². The van der Waals surface area contributed by atoms with Crippen molar-refractivity contribution in [3.8, 4) is 11.3 Å². The first-order valence-corrected chi connectivity index (χ1v) is 9.13. The first kappa shape index (κ1) is 17.4. The van der Waals surface area contributed by atoms with Gasteiger partial charge in [0.05, 0.1) is 16.9 Å². The zero-order chi connectivity index (χ0) is 19.5. The van der Waals surface area contributed by atoms with E-state index in [4.69, 9.17) is 4.98 Å². The average molecular weight is 363 g/mol. The summed E-state index contributed by atoms with van der Waals surface area (Å²) in [5, 5.41) is 7.26. The second-order valence-corrected chi connectivity index (χ2v) is 8.23. The molecular formula is C21H25N5O. The lowest BCUT2D eigenvalue weighted by Crippen LogP contribution is -2.32. The van der Waals surface area contributed by atoms with Crippen molar-refractivity contribution in [1.29, 1.82) is 0 Å². The summed E-state index contributed by atoms with van der Waals surface area (Å²) < 4.78 is 1.57. The summed E-state index contributed by atoms with van der Waals surface area (Å²) in [5.41, 5.74) is 5.41. The summed E-state index contributed by atoms with van der Waals surface area (Å²) in [6.07, 6.45) is 0. The van der Waals surface area contributed by atoms with Gasteiger partial charge in [0.2, 0.25) is 5.95 Å². The number of nitrogens with one attached hydrogen (secondary N) is 3. The van der Waals surface area contributed by atoms with Gasteiger partial charge in [0.1, 0.15) is 0 Å². The molecule has 0 unspecified atom stereocenters. The van der Waals surface area contributed by atoms with Crippen LogP contribution in [-0.4, -0.2) is 20.1 Å². The van der Waals surface area contributed by atoms with E-state index in [0.717, 1.165) is 28.2 Å². The number of nitrogens with zero attached hydrogens (tertiary/aromatic N) is 2. The number of hydrogen-bond acceptors (Lipinski definition) is 4. The molecule has 140 valence electrons. The van der Waals surface area contributed by atoms with Crippen molar-refractivity contribution in [2.24, 2.45) is 7.05 Å². The summed E-state index contributed by atoms with van der Waals surface area (Å²) in [4.78, 5) is 21.2. The molecule has 3 heterocycles. The fourth-order valence-electron chi connectivity index (χ4n) is 3.58. The summed E-state index contributed by atoms with van der Waals surface area (Å²) in [6, 6.07) is 8.00. The molecule has 1 aliphatic rings. The highest BCUT2D eigenvalue weighted by Crippen LogP contribution is 2.36. The van der Waals surface area contributed by atoms with Crippen molar-refractivity contribution in [2.75, 3.05) is 5.32 Å². The number of fused-ring (bicyclic) bond motifs is 2. The van der Waals surface area contributed by atoms with E-state index in [0.29, 0.717) is 16.9 Å². The fraction of sp³-hybridized carbons (Fsp3) is 0.333. The number of rotatable bonds is 2. The molecule has 1 aliphatic heterocycles. The lowest BCUT2D eigenvalue weighted by atomic mass is 10.1. The van der Waals surface area contributed by atoms with Crippen molar-refractivity contribution in [3.63, 3.8) is 0 Å². The number of H-pyrrole nitrogens is 1. The molecular weight excluding hydrogens is 338 g/mol. The van der Waals surface area contributed by atoms with Gasteiger partial charge in [-0.05, 0) is 39.8 Å². The molecule has 0 saturated heterocycles. The Balaban J connectivity index is 1.95. The lowest BCUT2D eigenvalue weighted by molar-refractivity contribution is 0.615. The van der Waals surface area contributed by atoms with Gasteiger partial charge in [-0.25, -0.2) is 4.98 Å². The maximum atomic E-state index is 12.9. The number of para-hydroxylation sites is 1. The lowest BCUT2D eigenvalue weighted by Gasteiger charge is -2.23. The Morgan fingerprint density at radius 2 is 2.00 bits per heavy atom. The third kappa shape index (κ3) is 2.81. The summed E-state index contributed by atoms with van der Waals surface area (Å²) in [5.74, 6) is 0.561. The second-order valence-electron chi connectivity index (χ2n) is 8.23. The summed E-state index contributed by atoms with van der Waals surface area (Å²) in [6.45, 7) is 12.3. The smallest absolute Gasteiger partial charge is 0.262 e. The largest absolute Gasteiger partial charge is 0.377 e. The van der Waals surface area contributed by atoms with Gasteiger partial charge in [-0.15, -0.1) is 0 Å². The third-order valence-corrected chi connectivity index (χ3v) is 4.88. The van der Waals surface area contributed by atoms with Crippen LogP contribution in [0.1, 0.15) is 45.0 Å². The van der Waals surface area contributed by atoms with E-state index in [1.807, 2.05) is 39.0 Å². The maximum absolute atomic E-state index is 12.9. The minimum atomic E-state index is -0.202. The molecule has 0 bridgehead atoms. The molecule has 6 heteroatoms. The fourth-order valence-corrected chi connectivity index (χ4v) is 3.58. The standard InChI is InChI=1S/C21H25N5O/c1-11-15-10-16(23-17(15)12(2)22-11)13-8-7-9-14-18(13)24-20(25-21(3,4)5)26(6)19(14)27/h7-10,12,22-23H,1H2,2-6H3,(H,24,25)/t12-/m1/s1. The van der Waals surface area contributed by atoms with Crippen molar-refractivity contribution < 1.29 is 0 Å². The predicted octanol–water partition coefficient (Wildman–Crippen LogP) is 3.77. The zero-order valence-electron chi connectivity index (χ0n) is 16.4. The van der Waals surface area contributed by atoms with E-state index in [9.17, 15) is 4.79 Å². The molecule has 0 saturated carbocycles. The molecule has 0 radical (unpaired) electrons. The molecule has 0 spiro atoms. The maximum Gasteiger partial charge on any atom is 0.262 e. The molecule has 3 N–H and O–H groups in total. The van der Waals surface area contributed by atoms with Crippen LogP contribution in [0, 0.1) is 0 Å². The van der Waals surface area contributed by atoms with Crippen LogP contribution in [0.5, 0.6) is 0 Å². The van der Waals surface area contributed by atoms with Gasteiger partial charge >= 0.3 is 0 Å². The highest BCUT2D eigenvalue weighted by atomic mass is 16.1. The van der Waals surface area contributed by atoms with E-state index in [-0.39, 0.29) is 17.1 Å². The molecule has 3 aromatic rings. The molecule has 1 aromatic carbocycles. The molecule has 0 amide bonds. The Labute approximate surface area is 158 Å². The number of anilines is 1. The number of aromatic nitrogens is 3. The van der Waals surface area contributed by atoms with Crippen molar-refractivity contribution >= 4 is 22.5 Å². The second kappa shape index (κ2) is 5.74. The SMILES string of the molecule is C=C1N[C@H](C)c2[nH]c(-c3cccc4c(=O)n(C)c(NC(C)(C)C)nc34)cc21. The van der Waals surface area contributed by atoms with Crippen LogP contribution < -0.4 is 16.2 Å². The normalized spacial score (nSPS) is 16.5. The highest BCUT2D eigenvalue weighted by Gasteiger charge is 2.25. The van der Waals surface area contributed by atoms with Crippen LogP contribution in [0.25, 0.3) is 27.9 Å². The van der Waals surface area contributed by atoms with Crippen LogP contribution in [0.3, 0.4) is 0 Å². The van der Waals surface area contributed by atoms with Gasteiger partial charge in [-0.3, -0.25) is 9.36 Å². The van der Waals surface area contributed by atoms with Crippen LogP contribution in [-0.2, 0) is 7.05 Å². The Kier molecular flexibility index (Phi) is 3.70. The molecule has 4 rings (SSSR count).